The molecule has 3 N–H and O–H groups in total. The summed E-state index contributed by atoms with van der Waals surface area (Å²) in [5.41, 5.74) is 6.71. The first-order valence-electron chi connectivity index (χ1n) is 9.38. The average Bonchev–Trinajstić information content (AvgIpc) is 3.26. The topological polar surface area (TPSA) is 112 Å². The van der Waals surface area contributed by atoms with E-state index in [-0.39, 0.29) is 17.4 Å². The van der Waals surface area contributed by atoms with Gasteiger partial charge in [-0.25, -0.2) is 0 Å². The van der Waals surface area contributed by atoms with Crippen LogP contribution in [0, 0.1) is 0 Å². The van der Waals surface area contributed by atoms with Crippen LogP contribution in [0.1, 0.15) is 35.1 Å². The molecule has 2 aromatic carbocycles. The lowest BCUT2D eigenvalue weighted by molar-refractivity contribution is 0.0919. The van der Waals surface area contributed by atoms with Crippen LogP contribution < -0.4 is 20.5 Å². The van der Waals surface area contributed by atoms with Crippen LogP contribution in [0.3, 0.4) is 0 Å². The van der Waals surface area contributed by atoms with Gasteiger partial charge in [0.15, 0.2) is 0 Å². The molecule has 0 spiro atoms. The summed E-state index contributed by atoms with van der Waals surface area (Å²) in [7, 11) is 2.99. The van der Waals surface area contributed by atoms with Crippen LogP contribution in [0.2, 0.25) is 5.02 Å². The molecular weight excluding hydrogens is 408 g/mol. The molecule has 9 heteroatoms. The van der Waals surface area contributed by atoms with Crippen molar-refractivity contribution in [2.24, 2.45) is 5.73 Å². The number of amides is 1. The summed E-state index contributed by atoms with van der Waals surface area (Å²) in [4.78, 5) is 17.5. The molecule has 0 saturated carbocycles. The number of aromatic nitrogens is 2. The number of nitrogens with one attached hydrogen (secondary N) is 1. The van der Waals surface area contributed by atoms with Crippen molar-refractivity contribution in [2.45, 2.75) is 18.9 Å². The summed E-state index contributed by atoms with van der Waals surface area (Å²) in [5, 5.41) is 7.58. The minimum atomic E-state index is -0.524. The van der Waals surface area contributed by atoms with Crippen molar-refractivity contribution in [3.05, 3.63) is 58.9 Å². The maximum atomic E-state index is 13.1. The Bertz CT molecular complexity index is 969. The fourth-order valence-electron chi connectivity index (χ4n) is 2.98. The molecule has 1 aromatic heterocycles. The van der Waals surface area contributed by atoms with Gasteiger partial charge in [-0.2, -0.15) is 4.98 Å². The first-order valence-corrected chi connectivity index (χ1v) is 9.76. The van der Waals surface area contributed by atoms with Crippen LogP contribution in [0.25, 0.3) is 11.4 Å². The van der Waals surface area contributed by atoms with Gasteiger partial charge in [0.1, 0.15) is 23.1 Å². The standard InChI is InChI=1S/C21H23ClN4O4/c1-28-16-6-3-7-17(29-2)18(16)20(27)24-15(5-4-12-23)21-25-19(26-30-21)13-8-10-14(22)11-9-13/h3,6-11,15H,4-5,12,23H2,1-2H3,(H,24,27). The molecule has 30 heavy (non-hydrogen) atoms. The summed E-state index contributed by atoms with van der Waals surface area (Å²) in [6.07, 6.45) is 1.19. The zero-order valence-electron chi connectivity index (χ0n) is 16.7. The minimum Gasteiger partial charge on any atom is -0.496 e. The summed E-state index contributed by atoms with van der Waals surface area (Å²) in [6, 6.07) is 11.7. The number of carbonyl (C=O) groups is 1. The molecule has 8 nitrogen and oxygen atoms in total. The first kappa shape index (κ1) is 21.6. The van der Waals surface area contributed by atoms with Gasteiger partial charge in [-0.15, -0.1) is 0 Å². The van der Waals surface area contributed by atoms with E-state index in [1.807, 2.05) is 0 Å². The summed E-state index contributed by atoms with van der Waals surface area (Å²) in [5.74, 6) is 1.12. The minimum absolute atomic E-state index is 0.288. The van der Waals surface area contributed by atoms with Crippen molar-refractivity contribution in [2.75, 3.05) is 20.8 Å². The molecule has 1 unspecified atom stereocenters. The van der Waals surface area contributed by atoms with Gasteiger partial charge in [0.2, 0.25) is 11.7 Å². The predicted octanol–water partition coefficient (Wildman–Crippen LogP) is 3.62. The fourth-order valence-corrected chi connectivity index (χ4v) is 3.10. The van der Waals surface area contributed by atoms with Crippen LogP contribution >= 0.6 is 11.6 Å². The highest BCUT2D eigenvalue weighted by Gasteiger charge is 2.25. The molecule has 0 aliphatic heterocycles. The fraction of sp³-hybridized carbons (Fsp3) is 0.286. The Morgan fingerprint density at radius 2 is 1.83 bits per heavy atom. The van der Waals surface area contributed by atoms with E-state index in [1.165, 1.54) is 14.2 Å². The lowest BCUT2D eigenvalue weighted by Gasteiger charge is -2.17. The highest BCUT2D eigenvalue weighted by molar-refractivity contribution is 6.30. The van der Waals surface area contributed by atoms with E-state index in [0.29, 0.717) is 41.7 Å². The highest BCUT2D eigenvalue weighted by atomic mass is 35.5. The van der Waals surface area contributed by atoms with Gasteiger partial charge in [-0.1, -0.05) is 22.8 Å². The molecule has 0 bridgehead atoms. The molecule has 1 amide bonds. The lowest BCUT2D eigenvalue weighted by atomic mass is 10.1. The van der Waals surface area contributed by atoms with Crippen molar-refractivity contribution in [1.29, 1.82) is 0 Å². The van der Waals surface area contributed by atoms with Crippen LogP contribution in [-0.2, 0) is 0 Å². The SMILES string of the molecule is COc1cccc(OC)c1C(=O)NC(CCCN)c1nc(-c2ccc(Cl)cc2)no1. The Labute approximate surface area is 179 Å². The van der Waals surface area contributed by atoms with Crippen LogP contribution in [0.4, 0.5) is 0 Å². The molecule has 0 radical (unpaired) electrons. The van der Waals surface area contributed by atoms with E-state index in [0.717, 1.165) is 5.56 Å². The number of hydrogen-bond acceptors (Lipinski definition) is 7. The molecule has 1 atom stereocenters. The van der Waals surface area contributed by atoms with Gasteiger partial charge in [0.25, 0.3) is 5.91 Å². The maximum Gasteiger partial charge on any atom is 0.259 e. The molecule has 3 aromatic rings. The number of nitrogens with two attached hydrogens (primary N) is 1. The van der Waals surface area contributed by atoms with Crippen molar-refractivity contribution in [3.8, 4) is 22.9 Å². The van der Waals surface area contributed by atoms with E-state index in [1.54, 1.807) is 42.5 Å². The van der Waals surface area contributed by atoms with Crippen LogP contribution in [-0.4, -0.2) is 36.8 Å². The highest BCUT2D eigenvalue weighted by Crippen LogP contribution is 2.30. The Morgan fingerprint density at radius 3 is 2.43 bits per heavy atom. The second-order valence-corrected chi connectivity index (χ2v) is 6.89. The summed E-state index contributed by atoms with van der Waals surface area (Å²) >= 11 is 5.93. The number of halogens is 1. The Balaban J connectivity index is 1.87. The number of methoxy groups -OCH3 is 2. The summed E-state index contributed by atoms with van der Waals surface area (Å²) in [6.45, 7) is 0.461. The van der Waals surface area contributed by atoms with Crippen LogP contribution in [0.5, 0.6) is 11.5 Å². The quantitative estimate of drug-likeness (QED) is 0.533. The molecule has 1 heterocycles. The Morgan fingerprint density at radius 1 is 1.17 bits per heavy atom. The lowest BCUT2D eigenvalue weighted by Crippen LogP contribution is -2.30. The number of benzene rings is 2. The van der Waals surface area contributed by atoms with Crippen molar-refractivity contribution >= 4 is 17.5 Å². The molecule has 0 saturated heterocycles. The van der Waals surface area contributed by atoms with Gasteiger partial charge in [-0.3, -0.25) is 4.79 Å². The monoisotopic (exact) mass is 430 g/mol. The van der Waals surface area contributed by atoms with E-state index in [2.05, 4.69) is 15.5 Å². The van der Waals surface area contributed by atoms with Crippen molar-refractivity contribution < 1.29 is 18.8 Å². The number of nitrogens with zero attached hydrogens (tertiary/aromatic N) is 2. The Kier molecular flexibility index (Phi) is 7.26. The van der Waals surface area contributed by atoms with E-state index >= 15 is 0 Å². The number of hydrogen-bond donors (Lipinski definition) is 2. The zero-order valence-corrected chi connectivity index (χ0v) is 17.5. The number of carbonyl (C=O) groups excluding carboxylic acids is 1. The third kappa shape index (κ3) is 4.90. The Hall–Kier alpha value is -3.10. The zero-order chi connectivity index (χ0) is 21.5. The second kappa shape index (κ2) is 10.1. The molecule has 0 fully saturated rings. The molecule has 158 valence electrons. The number of ether oxygens (including phenoxy) is 2. The third-order valence-electron chi connectivity index (χ3n) is 4.50. The van der Waals surface area contributed by atoms with E-state index in [4.69, 9.17) is 31.3 Å². The van der Waals surface area contributed by atoms with Crippen molar-refractivity contribution in [1.82, 2.24) is 15.5 Å². The molecule has 0 aliphatic carbocycles. The molecule has 0 aliphatic rings. The average molecular weight is 431 g/mol. The van der Waals surface area contributed by atoms with E-state index < -0.39 is 6.04 Å². The van der Waals surface area contributed by atoms with Gasteiger partial charge >= 0.3 is 0 Å². The van der Waals surface area contributed by atoms with Crippen LogP contribution in [0.15, 0.2) is 47.0 Å². The smallest absolute Gasteiger partial charge is 0.259 e. The van der Waals surface area contributed by atoms with Crippen molar-refractivity contribution in [3.63, 3.8) is 0 Å². The predicted molar refractivity (Wildman–Crippen MR) is 113 cm³/mol. The summed E-state index contributed by atoms with van der Waals surface area (Å²) < 4.78 is 16.1. The second-order valence-electron chi connectivity index (χ2n) is 6.46. The maximum absolute atomic E-state index is 13.1. The van der Waals surface area contributed by atoms with Gasteiger partial charge in [0, 0.05) is 10.6 Å². The molecule has 3 rings (SSSR count). The number of rotatable bonds is 9. The third-order valence-corrected chi connectivity index (χ3v) is 4.75. The van der Waals surface area contributed by atoms with Gasteiger partial charge in [0.05, 0.1) is 14.2 Å². The first-order chi connectivity index (χ1) is 14.6. The van der Waals surface area contributed by atoms with Gasteiger partial charge < -0.3 is 25.0 Å². The normalized spacial score (nSPS) is 11.7. The van der Waals surface area contributed by atoms with Gasteiger partial charge in [-0.05, 0) is 55.8 Å². The van der Waals surface area contributed by atoms with E-state index in [9.17, 15) is 4.79 Å². The largest absolute Gasteiger partial charge is 0.496 e. The molecular formula is C21H23ClN4O4.